The van der Waals surface area contributed by atoms with Crippen molar-refractivity contribution in [2.45, 2.75) is 31.1 Å². The Morgan fingerprint density at radius 1 is 1.41 bits per heavy atom. The maximum absolute atomic E-state index is 9.18. The van der Waals surface area contributed by atoms with Crippen LogP contribution in [0.25, 0.3) is 0 Å². The normalized spacial score (nSPS) is 12.6. The third-order valence-corrected chi connectivity index (χ3v) is 3.07. The van der Waals surface area contributed by atoms with Crippen LogP contribution in [0.1, 0.15) is 18.9 Å². The highest BCUT2D eigenvalue weighted by atomic mass is 32.2. The van der Waals surface area contributed by atoms with Crippen molar-refractivity contribution >= 4 is 11.8 Å². The molecular weight excluding hydrogens is 238 g/mol. The molecule has 0 radical (unpaired) electrons. The van der Waals surface area contributed by atoms with Gasteiger partial charge in [0.1, 0.15) is 0 Å². The SMILES string of the molecule is CCCNCc1cnc(SCC(O)CO)nc1. The zero-order valence-electron chi connectivity index (χ0n) is 9.96. The molecule has 0 aliphatic heterocycles. The molecule has 1 rings (SSSR count). The van der Waals surface area contributed by atoms with Crippen LogP contribution >= 0.6 is 11.8 Å². The van der Waals surface area contributed by atoms with E-state index in [4.69, 9.17) is 5.11 Å². The number of aliphatic hydroxyl groups excluding tert-OH is 2. The minimum absolute atomic E-state index is 0.230. The second kappa shape index (κ2) is 8.41. The molecule has 0 amide bonds. The standard InChI is InChI=1S/C11H19N3O2S/c1-2-3-12-4-9-5-13-11(14-6-9)17-8-10(16)7-15/h5-6,10,12,15-16H,2-4,7-8H2,1H3. The molecule has 0 aliphatic rings. The van der Waals surface area contributed by atoms with E-state index in [2.05, 4.69) is 22.2 Å². The fraction of sp³-hybridized carbons (Fsp3) is 0.636. The number of nitrogens with zero attached hydrogens (tertiary/aromatic N) is 2. The van der Waals surface area contributed by atoms with Gasteiger partial charge in [0.25, 0.3) is 0 Å². The van der Waals surface area contributed by atoms with Gasteiger partial charge in [-0.15, -0.1) is 0 Å². The third kappa shape index (κ3) is 5.97. The summed E-state index contributed by atoms with van der Waals surface area (Å²) in [6.07, 6.45) is 3.95. The van der Waals surface area contributed by atoms with Crippen LogP contribution in [0, 0.1) is 0 Å². The average molecular weight is 257 g/mol. The molecule has 0 saturated heterocycles. The smallest absolute Gasteiger partial charge is 0.187 e. The highest BCUT2D eigenvalue weighted by molar-refractivity contribution is 7.99. The Hall–Kier alpha value is -0.690. The largest absolute Gasteiger partial charge is 0.394 e. The fourth-order valence-corrected chi connectivity index (χ4v) is 1.84. The Bertz CT molecular complexity index is 308. The summed E-state index contributed by atoms with van der Waals surface area (Å²) in [5, 5.41) is 21.7. The summed E-state index contributed by atoms with van der Waals surface area (Å²) >= 11 is 1.34. The predicted molar refractivity (Wildman–Crippen MR) is 67.8 cm³/mol. The molecule has 0 saturated carbocycles. The predicted octanol–water partition coefficient (Wildman–Crippen LogP) is 0.421. The quantitative estimate of drug-likeness (QED) is 0.356. The van der Waals surface area contributed by atoms with Gasteiger partial charge in [0.15, 0.2) is 5.16 Å². The third-order valence-electron chi connectivity index (χ3n) is 2.05. The van der Waals surface area contributed by atoms with Gasteiger partial charge in [-0.05, 0) is 13.0 Å². The first-order valence-corrected chi connectivity index (χ1v) is 6.68. The van der Waals surface area contributed by atoms with Gasteiger partial charge >= 0.3 is 0 Å². The minimum atomic E-state index is -0.713. The number of hydrogen-bond acceptors (Lipinski definition) is 6. The second-order valence-electron chi connectivity index (χ2n) is 3.70. The van der Waals surface area contributed by atoms with Gasteiger partial charge in [0.2, 0.25) is 0 Å². The average Bonchev–Trinajstić information content (AvgIpc) is 2.37. The minimum Gasteiger partial charge on any atom is -0.394 e. The summed E-state index contributed by atoms with van der Waals surface area (Å²) in [5.41, 5.74) is 1.05. The van der Waals surface area contributed by atoms with Gasteiger partial charge < -0.3 is 15.5 Å². The zero-order valence-corrected chi connectivity index (χ0v) is 10.8. The molecule has 0 bridgehead atoms. The molecule has 1 heterocycles. The van der Waals surface area contributed by atoms with Gasteiger partial charge in [-0.25, -0.2) is 9.97 Å². The van der Waals surface area contributed by atoms with E-state index in [0.717, 1.165) is 25.1 Å². The van der Waals surface area contributed by atoms with Crippen molar-refractivity contribution in [2.24, 2.45) is 0 Å². The van der Waals surface area contributed by atoms with E-state index in [1.54, 1.807) is 12.4 Å². The number of rotatable bonds is 8. The molecule has 17 heavy (non-hydrogen) atoms. The highest BCUT2D eigenvalue weighted by Gasteiger charge is 2.04. The van der Waals surface area contributed by atoms with Crippen molar-refractivity contribution in [1.82, 2.24) is 15.3 Å². The van der Waals surface area contributed by atoms with Crippen LogP contribution in [0.2, 0.25) is 0 Å². The van der Waals surface area contributed by atoms with Crippen LogP contribution < -0.4 is 5.32 Å². The molecule has 96 valence electrons. The summed E-state index contributed by atoms with van der Waals surface area (Å²) in [6, 6.07) is 0. The fourth-order valence-electron chi connectivity index (χ4n) is 1.14. The lowest BCUT2D eigenvalue weighted by Crippen LogP contribution is -2.15. The van der Waals surface area contributed by atoms with E-state index < -0.39 is 6.10 Å². The summed E-state index contributed by atoms with van der Waals surface area (Å²) < 4.78 is 0. The molecular formula is C11H19N3O2S. The molecule has 0 spiro atoms. The monoisotopic (exact) mass is 257 g/mol. The van der Waals surface area contributed by atoms with Crippen molar-refractivity contribution in [3.63, 3.8) is 0 Å². The lowest BCUT2D eigenvalue weighted by atomic mass is 10.3. The number of aliphatic hydroxyl groups is 2. The van der Waals surface area contributed by atoms with Gasteiger partial charge in [-0.3, -0.25) is 0 Å². The van der Waals surface area contributed by atoms with Crippen LogP contribution in [0.4, 0.5) is 0 Å². The summed E-state index contributed by atoms with van der Waals surface area (Å²) in [5.74, 6) is 0.407. The van der Waals surface area contributed by atoms with Gasteiger partial charge in [0.05, 0.1) is 12.7 Å². The number of hydrogen-bond donors (Lipinski definition) is 3. The highest BCUT2D eigenvalue weighted by Crippen LogP contribution is 2.13. The number of aromatic nitrogens is 2. The molecule has 1 atom stereocenters. The van der Waals surface area contributed by atoms with Gasteiger partial charge in [-0.2, -0.15) is 0 Å². The molecule has 0 aromatic carbocycles. The topological polar surface area (TPSA) is 78.3 Å². The Labute approximate surface area is 106 Å². The van der Waals surface area contributed by atoms with Crippen molar-refractivity contribution in [2.75, 3.05) is 18.9 Å². The van der Waals surface area contributed by atoms with Crippen molar-refractivity contribution in [3.05, 3.63) is 18.0 Å². The molecule has 6 heteroatoms. The summed E-state index contributed by atoms with van der Waals surface area (Å²) in [7, 11) is 0. The molecule has 5 nitrogen and oxygen atoms in total. The molecule has 1 aromatic rings. The van der Waals surface area contributed by atoms with E-state index in [1.807, 2.05) is 0 Å². The van der Waals surface area contributed by atoms with Crippen LogP contribution in [-0.2, 0) is 6.54 Å². The first-order chi connectivity index (χ1) is 8.26. The van der Waals surface area contributed by atoms with Crippen molar-refractivity contribution in [1.29, 1.82) is 0 Å². The van der Waals surface area contributed by atoms with E-state index in [9.17, 15) is 5.11 Å². The first-order valence-electron chi connectivity index (χ1n) is 5.69. The maximum Gasteiger partial charge on any atom is 0.187 e. The molecule has 3 N–H and O–H groups in total. The zero-order chi connectivity index (χ0) is 12.5. The van der Waals surface area contributed by atoms with Crippen LogP contribution in [-0.4, -0.2) is 45.2 Å². The first kappa shape index (κ1) is 14.4. The van der Waals surface area contributed by atoms with E-state index in [1.165, 1.54) is 11.8 Å². The Morgan fingerprint density at radius 3 is 2.71 bits per heavy atom. The van der Waals surface area contributed by atoms with Crippen molar-refractivity contribution in [3.8, 4) is 0 Å². The van der Waals surface area contributed by atoms with Gasteiger partial charge in [-0.1, -0.05) is 18.7 Å². The maximum atomic E-state index is 9.18. The molecule has 0 fully saturated rings. The lowest BCUT2D eigenvalue weighted by molar-refractivity contribution is 0.113. The van der Waals surface area contributed by atoms with Crippen LogP contribution in [0.5, 0.6) is 0 Å². The van der Waals surface area contributed by atoms with E-state index in [0.29, 0.717) is 10.9 Å². The Kier molecular flexibility index (Phi) is 7.11. The number of thioether (sulfide) groups is 1. The number of nitrogens with one attached hydrogen (secondary N) is 1. The summed E-state index contributed by atoms with van der Waals surface area (Å²) in [4.78, 5) is 8.37. The molecule has 1 unspecified atom stereocenters. The lowest BCUT2D eigenvalue weighted by Gasteiger charge is -2.06. The second-order valence-corrected chi connectivity index (χ2v) is 4.69. The van der Waals surface area contributed by atoms with Crippen LogP contribution in [0.15, 0.2) is 17.6 Å². The van der Waals surface area contributed by atoms with E-state index >= 15 is 0 Å². The Morgan fingerprint density at radius 2 is 2.12 bits per heavy atom. The summed E-state index contributed by atoms with van der Waals surface area (Å²) in [6.45, 7) is 3.65. The van der Waals surface area contributed by atoms with Crippen LogP contribution in [0.3, 0.4) is 0 Å². The van der Waals surface area contributed by atoms with E-state index in [-0.39, 0.29) is 6.61 Å². The van der Waals surface area contributed by atoms with Crippen molar-refractivity contribution < 1.29 is 10.2 Å². The Balaban J connectivity index is 2.34. The molecule has 0 aliphatic carbocycles. The van der Waals surface area contributed by atoms with Gasteiger partial charge in [0, 0.05) is 30.3 Å². The molecule has 1 aromatic heterocycles.